The molecular weight excluding hydrogens is 240 g/mol. The quantitative estimate of drug-likeness (QED) is 0.886. The number of urea groups is 1. The highest BCUT2D eigenvalue weighted by atomic mass is 16.5. The molecule has 0 bridgehead atoms. The van der Waals surface area contributed by atoms with Gasteiger partial charge >= 0.3 is 6.03 Å². The summed E-state index contributed by atoms with van der Waals surface area (Å²) in [6.45, 7) is 2.60. The minimum Gasteiger partial charge on any atom is -0.496 e. The summed E-state index contributed by atoms with van der Waals surface area (Å²) in [4.78, 5) is 13.9. The highest BCUT2D eigenvalue weighted by Gasteiger charge is 2.32. The summed E-state index contributed by atoms with van der Waals surface area (Å²) in [7, 11) is 3.50. The van der Waals surface area contributed by atoms with Crippen molar-refractivity contribution in [1.29, 1.82) is 0 Å². The average Bonchev–Trinajstić information content (AvgIpc) is 3.27. The molecule has 1 aromatic rings. The smallest absolute Gasteiger partial charge is 0.317 e. The monoisotopic (exact) mass is 262 g/mol. The van der Waals surface area contributed by atoms with Crippen molar-refractivity contribution in [2.24, 2.45) is 5.92 Å². The first kappa shape index (κ1) is 13.7. The van der Waals surface area contributed by atoms with Gasteiger partial charge < -0.3 is 15.0 Å². The Bertz CT molecular complexity index is 444. The lowest BCUT2D eigenvalue weighted by Crippen LogP contribution is -2.43. The molecule has 1 fully saturated rings. The van der Waals surface area contributed by atoms with E-state index in [-0.39, 0.29) is 6.03 Å². The first-order valence-corrected chi connectivity index (χ1v) is 6.76. The number of hydrogen-bond donors (Lipinski definition) is 1. The molecule has 0 aromatic heterocycles. The molecule has 1 atom stereocenters. The molecule has 0 aliphatic heterocycles. The summed E-state index contributed by atoms with van der Waals surface area (Å²) in [5, 5.41) is 2.94. The van der Waals surface area contributed by atoms with Gasteiger partial charge in [-0.15, -0.1) is 0 Å². The van der Waals surface area contributed by atoms with Crippen LogP contribution in [0.2, 0.25) is 0 Å². The third-order valence-corrected chi connectivity index (χ3v) is 3.86. The molecule has 1 unspecified atom stereocenters. The summed E-state index contributed by atoms with van der Waals surface area (Å²) in [5.41, 5.74) is 0.992. The van der Waals surface area contributed by atoms with Crippen LogP contribution in [0.3, 0.4) is 0 Å². The molecule has 1 saturated carbocycles. The molecule has 0 spiro atoms. The zero-order chi connectivity index (χ0) is 13.8. The van der Waals surface area contributed by atoms with E-state index in [9.17, 15) is 4.79 Å². The van der Waals surface area contributed by atoms with Crippen molar-refractivity contribution in [3.05, 3.63) is 29.8 Å². The van der Waals surface area contributed by atoms with Crippen LogP contribution in [0, 0.1) is 5.92 Å². The normalized spacial score (nSPS) is 15.7. The van der Waals surface area contributed by atoms with Gasteiger partial charge in [0.05, 0.1) is 7.11 Å². The SMILES string of the molecule is COc1ccccc1CNC(=O)N(C)C(C)C1CC1. The molecule has 0 radical (unpaired) electrons. The van der Waals surface area contributed by atoms with Gasteiger partial charge in [0, 0.05) is 25.2 Å². The topological polar surface area (TPSA) is 41.6 Å². The van der Waals surface area contributed by atoms with Crippen LogP contribution in [0.5, 0.6) is 5.75 Å². The second-order valence-electron chi connectivity index (χ2n) is 5.16. The molecule has 1 aliphatic rings. The van der Waals surface area contributed by atoms with Gasteiger partial charge in [0.25, 0.3) is 0 Å². The summed E-state index contributed by atoms with van der Waals surface area (Å²) in [5.74, 6) is 1.49. The number of amides is 2. The lowest BCUT2D eigenvalue weighted by molar-refractivity contribution is 0.187. The van der Waals surface area contributed by atoms with Crippen molar-refractivity contribution in [3.8, 4) is 5.75 Å². The van der Waals surface area contributed by atoms with E-state index in [1.807, 2.05) is 31.3 Å². The summed E-state index contributed by atoms with van der Waals surface area (Å²) >= 11 is 0. The number of hydrogen-bond acceptors (Lipinski definition) is 2. The maximum Gasteiger partial charge on any atom is 0.317 e. The van der Waals surface area contributed by atoms with Gasteiger partial charge in [0.1, 0.15) is 5.75 Å². The molecule has 104 valence electrons. The van der Waals surface area contributed by atoms with Crippen LogP contribution in [0.1, 0.15) is 25.3 Å². The predicted octanol–water partition coefficient (Wildman–Crippen LogP) is 2.64. The number of rotatable bonds is 5. The third kappa shape index (κ3) is 3.40. The van der Waals surface area contributed by atoms with E-state index in [1.165, 1.54) is 12.8 Å². The Labute approximate surface area is 114 Å². The number of para-hydroxylation sites is 1. The fraction of sp³-hybridized carbons (Fsp3) is 0.533. The summed E-state index contributed by atoms with van der Waals surface area (Å²) in [6.07, 6.45) is 2.48. The van der Waals surface area contributed by atoms with Crippen molar-refractivity contribution in [1.82, 2.24) is 10.2 Å². The maximum absolute atomic E-state index is 12.1. The van der Waals surface area contributed by atoms with Crippen LogP contribution in [-0.2, 0) is 6.54 Å². The van der Waals surface area contributed by atoms with Crippen LogP contribution in [0.15, 0.2) is 24.3 Å². The average molecular weight is 262 g/mol. The van der Waals surface area contributed by atoms with Crippen LogP contribution in [-0.4, -0.2) is 31.1 Å². The Kier molecular flexibility index (Phi) is 4.30. The van der Waals surface area contributed by atoms with Crippen LogP contribution in [0.4, 0.5) is 4.79 Å². The Morgan fingerprint density at radius 1 is 1.47 bits per heavy atom. The van der Waals surface area contributed by atoms with Gasteiger partial charge in [0.15, 0.2) is 0 Å². The molecule has 4 heteroatoms. The molecule has 2 rings (SSSR count). The van der Waals surface area contributed by atoms with Crippen molar-refractivity contribution >= 4 is 6.03 Å². The van der Waals surface area contributed by atoms with Gasteiger partial charge in [-0.25, -0.2) is 4.79 Å². The highest BCUT2D eigenvalue weighted by molar-refractivity contribution is 5.74. The zero-order valence-corrected chi connectivity index (χ0v) is 11.8. The molecule has 4 nitrogen and oxygen atoms in total. The number of nitrogens with one attached hydrogen (secondary N) is 1. The molecule has 1 aliphatic carbocycles. The number of methoxy groups -OCH3 is 1. The molecule has 1 aromatic carbocycles. The Morgan fingerprint density at radius 3 is 2.79 bits per heavy atom. The lowest BCUT2D eigenvalue weighted by atomic mass is 10.2. The molecule has 19 heavy (non-hydrogen) atoms. The fourth-order valence-electron chi connectivity index (χ4n) is 2.22. The molecule has 0 saturated heterocycles. The van der Waals surface area contributed by atoms with Crippen LogP contribution in [0.25, 0.3) is 0 Å². The molecule has 0 heterocycles. The molecule has 1 N–H and O–H groups in total. The van der Waals surface area contributed by atoms with Crippen molar-refractivity contribution in [3.63, 3.8) is 0 Å². The lowest BCUT2D eigenvalue weighted by Gasteiger charge is -2.25. The number of carbonyl (C=O) groups is 1. The van der Waals surface area contributed by atoms with Gasteiger partial charge in [-0.1, -0.05) is 18.2 Å². The number of nitrogens with zero attached hydrogens (tertiary/aromatic N) is 1. The second kappa shape index (κ2) is 5.95. The van der Waals surface area contributed by atoms with Crippen molar-refractivity contribution in [2.75, 3.05) is 14.2 Å². The first-order chi connectivity index (χ1) is 9.13. The van der Waals surface area contributed by atoms with Crippen molar-refractivity contribution < 1.29 is 9.53 Å². The molecular formula is C15H22N2O2. The van der Waals surface area contributed by atoms with Gasteiger partial charge in [0.2, 0.25) is 0 Å². The zero-order valence-electron chi connectivity index (χ0n) is 11.8. The largest absolute Gasteiger partial charge is 0.496 e. The number of benzene rings is 1. The van der Waals surface area contributed by atoms with E-state index < -0.39 is 0 Å². The standard InChI is InChI=1S/C15H22N2O2/c1-11(12-8-9-12)17(2)15(18)16-10-13-6-4-5-7-14(13)19-3/h4-7,11-12H,8-10H2,1-3H3,(H,16,18). The Balaban J connectivity index is 1.88. The minimum atomic E-state index is -0.0229. The van der Waals surface area contributed by atoms with E-state index >= 15 is 0 Å². The van der Waals surface area contributed by atoms with Crippen LogP contribution >= 0.6 is 0 Å². The predicted molar refractivity (Wildman–Crippen MR) is 75.2 cm³/mol. The molecule has 2 amide bonds. The Morgan fingerprint density at radius 2 is 2.16 bits per heavy atom. The maximum atomic E-state index is 12.1. The first-order valence-electron chi connectivity index (χ1n) is 6.76. The van der Waals surface area contributed by atoms with Gasteiger partial charge in [-0.3, -0.25) is 0 Å². The fourth-order valence-corrected chi connectivity index (χ4v) is 2.22. The second-order valence-corrected chi connectivity index (χ2v) is 5.16. The van der Waals surface area contributed by atoms with Crippen molar-refractivity contribution in [2.45, 2.75) is 32.4 Å². The number of carbonyl (C=O) groups excluding carboxylic acids is 1. The van der Waals surface area contributed by atoms with E-state index in [0.29, 0.717) is 18.5 Å². The van der Waals surface area contributed by atoms with E-state index in [2.05, 4.69) is 12.2 Å². The third-order valence-electron chi connectivity index (χ3n) is 3.86. The summed E-state index contributed by atoms with van der Waals surface area (Å²) in [6, 6.07) is 8.02. The Hall–Kier alpha value is -1.71. The number of ether oxygens (including phenoxy) is 1. The summed E-state index contributed by atoms with van der Waals surface area (Å²) < 4.78 is 5.27. The van der Waals surface area contributed by atoms with Gasteiger partial charge in [-0.05, 0) is 31.7 Å². The van der Waals surface area contributed by atoms with E-state index in [1.54, 1.807) is 12.0 Å². The van der Waals surface area contributed by atoms with Crippen LogP contribution < -0.4 is 10.1 Å². The van der Waals surface area contributed by atoms with Gasteiger partial charge in [-0.2, -0.15) is 0 Å². The van der Waals surface area contributed by atoms with E-state index in [4.69, 9.17) is 4.74 Å². The van der Waals surface area contributed by atoms with E-state index in [0.717, 1.165) is 11.3 Å². The minimum absolute atomic E-state index is 0.0229. The highest BCUT2D eigenvalue weighted by Crippen LogP contribution is 2.34.